The first kappa shape index (κ1) is 14.0. The number of rotatable bonds is 2. The van der Waals surface area contributed by atoms with Gasteiger partial charge in [-0.15, -0.1) is 22.7 Å². The van der Waals surface area contributed by atoms with Gasteiger partial charge >= 0.3 is 0 Å². The zero-order valence-electron chi connectivity index (χ0n) is 11.6. The summed E-state index contributed by atoms with van der Waals surface area (Å²) in [6.07, 6.45) is 5.48. The zero-order chi connectivity index (χ0) is 15.1. The Bertz CT molecular complexity index is 960. The molecule has 0 aliphatic heterocycles. The summed E-state index contributed by atoms with van der Waals surface area (Å²) in [6, 6.07) is 8.14. The lowest BCUT2D eigenvalue weighted by molar-refractivity contribution is 1.24. The van der Waals surface area contributed by atoms with Gasteiger partial charge in [0.25, 0.3) is 0 Å². The van der Waals surface area contributed by atoms with Crippen LogP contribution in [0.25, 0.3) is 31.2 Å². The van der Waals surface area contributed by atoms with Crippen molar-refractivity contribution in [3.05, 3.63) is 52.3 Å². The fourth-order valence-corrected chi connectivity index (χ4v) is 4.94. The number of nitrogens with zero attached hydrogens (tertiary/aromatic N) is 3. The fraction of sp³-hybridized carbons (Fsp3) is 0.0625. The highest BCUT2D eigenvalue weighted by Crippen LogP contribution is 2.40. The molecule has 3 nitrogen and oxygen atoms in total. The van der Waals surface area contributed by atoms with Gasteiger partial charge in [-0.1, -0.05) is 0 Å². The lowest BCUT2D eigenvalue weighted by atomic mass is 10.2. The highest BCUT2D eigenvalue weighted by molar-refractivity contribution is 9.11. The van der Waals surface area contributed by atoms with E-state index in [1.807, 2.05) is 37.5 Å². The average molecular weight is 388 g/mol. The van der Waals surface area contributed by atoms with Crippen LogP contribution in [-0.4, -0.2) is 15.0 Å². The van der Waals surface area contributed by atoms with Gasteiger partial charge in [0.2, 0.25) is 0 Å². The molecule has 0 bridgehead atoms. The SMILES string of the molecule is Cc1nc(-c2cccnc2)sc1-c1nccc2sc(Br)cc12. The molecule has 0 radical (unpaired) electrons. The summed E-state index contributed by atoms with van der Waals surface area (Å²) >= 11 is 6.95. The van der Waals surface area contributed by atoms with Crippen LogP contribution < -0.4 is 0 Å². The van der Waals surface area contributed by atoms with Crippen LogP contribution >= 0.6 is 38.6 Å². The molecular formula is C16H10BrN3S2. The standard InChI is InChI=1S/C16H10BrN3S2/c1-9-15(22-16(20-9)10-3-2-5-18-8-10)14-11-7-13(17)21-12(11)4-6-19-14/h2-8H,1H3. The highest BCUT2D eigenvalue weighted by Gasteiger charge is 2.16. The van der Waals surface area contributed by atoms with Crippen LogP contribution in [0.3, 0.4) is 0 Å². The van der Waals surface area contributed by atoms with Crippen LogP contribution in [0.15, 0.2) is 46.6 Å². The summed E-state index contributed by atoms with van der Waals surface area (Å²) in [5, 5.41) is 2.15. The molecule has 0 atom stereocenters. The summed E-state index contributed by atoms with van der Waals surface area (Å²) < 4.78 is 2.35. The topological polar surface area (TPSA) is 38.7 Å². The Labute approximate surface area is 143 Å². The number of aryl methyl sites for hydroxylation is 1. The van der Waals surface area contributed by atoms with E-state index in [1.165, 1.54) is 10.1 Å². The summed E-state index contributed by atoms with van der Waals surface area (Å²) in [4.78, 5) is 14.6. The van der Waals surface area contributed by atoms with Crippen LogP contribution in [0.5, 0.6) is 0 Å². The number of thiophene rings is 1. The Morgan fingerprint density at radius 2 is 2.05 bits per heavy atom. The molecule has 0 amide bonds. The number of thiazole rings is 1. The number of pyridine rings is 2. The number of aromatic nitrogens is 3. The molecular weight excluding hydrogens is 378 g/mol. The van der Waals surface area contributed by atoms with Gasteiger partial charge in [-0.05, 0) is 47.1 Å². The van der Waals surface area contributed by atoms with Crippen LogP contribution in [-0.2, 0) is 0 Å². The van der Waals surface area contributed by atoms with Crippen molar-refractivity contribution in [2.75, 3.05) is 0 Å². The average Bonchev–Trinajstić information content (AvgIpc) is 3.10. The molecule has 0 aliphatic rings. The van der Waals surface area contributed by atoms with Crippen LogP contribution in [0.2, 0.25) is 0 Å². The zero-order valence-corrected chi connectivity index (χ0v) is 14.8. The maximum absolute atomic E-state index is 4.70. The summed E-state index contributed by atoms with van der Waals surface area (Å²) in [6.45, 7) is 2.04. The highest BCUT2D eigenvalue weighted by atomic mass is 79.9. The van der Waals surface area contributed by atoms with Gasteiger partial charge in [-0.3, -0.25) is 9.97 Å². The number of hydrogen-bond donors (Lipinski definition) is 0. The first-order valence-electron chi connectivity index (χ1n) is 6.64. The predicted octanol–water partition coefficient (Wildman–Crippen LogP) is 5.55. The van der Waals surface area contributed by atoms with Gasteiger partial charge in [0.15, 0.2) is 0 Å². The smallest absolute Gasteiger partial charge is 0.125 e. The normalized spacial score (nSPS) is 11.2. The molecule has 108 valence electrons. The van der Waals surface area contributed by atoms with Gasteiger partial charge in [-0.2, -0.15) is 0 Å². The van der Waals surface area contributed by atoms with E-state index < -0.39 is 0 Å². The van der Waals surface area contributed by atoms with Crippen molar-refractivity contribution in [1.82, 2.24) is 15.0 Å². The minimum Gasteiger partial charge on any atom is -0.264 e. The van der Waals surface area contributed by atoms with E-state index in [0.29, 0.717) is 0 Å². The van der Waals surface area contributed by atoms with Crippen molar-refractivity contribution in [2.45, 2.75) is 6.92 Å². The Balaban J connectivity index is 1.91. The van der Waals surface area contributed by atoms with Crippen molar-refractivity contribution in [3.8, 4) is 21.1 Å². The van der Waals surface area contributed by atoms with Crippen molar-refractivity contribution >= 4 is 48.7 Å². The van der Waals surface area contributed by atoms with E-state index in [4.69, 9.17) is 4.98 Å². The third-order valence-corrected chi connectivity index (χ3v) is 6.15. The van der Waals surface area contributed by atoms with Gasteiger partial charge in [0.05, 0.1) is 20.1 Å². The van der Waals surface area contributed by atoms with Crippen molar-refractivity contribution in [2.24, 2.45) is 0 Å². The van der Waals surface area contributed by atoms with Crippen LogP contribution in [0, 0.1) is 6.92 Å². The van der Waals surface area contributed by atoms with Gasteiger partial charge in [0.1, 0.15) is 5.01 Å². The quantitative estimate of drug-likeness (QED) is 0.452. The molecule has 0 N–H and O–H groups in total. The van der Waals surface area contributed by atoms with E-state index in [1.54, 1.807) is 28.9 Å². The molecule has 0 saturated heterocycles. The van der Waals surface area contributed by atoms with E-state index in [-0.39, 0.29) is 0 Å². The number of halogens is 1. The second-order valence-electron chi connectivity index (χ2n) is 4.80. The van der Waals surface area contributed by atoms with E-state index in [9.17, 15) is 0 Å². The van der Waals surface area contributed by atoms with Gasteiger partial charge in [0, 0.05) is 34.2 Å². The lowest BCUT2D eigenvalue weighted by Gasteiger charge is -1.99. The summed E-state index contributed by atoms with van der Waals surface area (Å²) in [5.41, 5.74) is 3.05. The second-order valence-corrected chi connectivity index (χ2v) is 8.26. The second kappa shape index (κ2) is 5.53. The van der Waals surface area contributed by atoms with E-state index in [0.717, 1.165) is 30.6 Å². The molecule has 0 aromatic carbocycles. The first-order chi connectivity index (χ1) is 10.7. The molecule has 4 aromatic heterocycles. The Kier molecular flexibility index (Phi) is 3.52. The minimum absolute atomic E-state index is 0.980. The predicted molar refractivity (Wildman–Crippen MR) is 96.4 cm³/mol. The van der Waals surface area contributed by atoms with Crippen molar-refractivity contribution in [3.63, 3.8) is 0 Å². The Morgan fingerprint density at radius 1 is 1.14 bits per heavy atom. The van der Waals surface area contributed by atoms with E-state index in [2.05, 4.69) is 32.0 Å². The van der Waals surface area contributed by atoms with Gasteiger partial charge in [-0.25, -0.2) is 4.98 Å². The molecule has 6 heteroatoms. The monoisotopic (exact) mass is 387 g/mol. The van der Waals surface area contributed by atoms with Crippen LogP contribution in [0.4, 0.5) is 0 Å². The number of fused-ring (bicyclic) bond motifs is 1. The van der Waals surface area contributed by atoms with Crippen LogP contribution in [0.1, 0.15) is 5.69 Å². The molecule has 22 heavy (non-hydrogen) atoms. The minimum atomic E-state index is 0.980. The maximum atomic E-state index is 4.70. The Morgan fingerprint density at radius 3 is 2.86 bits per heavy atom. The van der Waals surface area contributed by atoms with E-state index >= 15 is 0 Å². The Hall–Kier alpha value is -1.63. The molecule has 0 fully saturated rings. The van der Waals surface area contributed by atoms with Crippen molar-refractivity contribution < 1.29 is 0 Å². The summed E-state index contributed by atoms with van der Waals surface area (Å²) in [5.74, 6) is 0. The van der Waals surface area contributed by atoms with Gasteiger partial charge < -0.3 is 0 Å². The first-order valence-corrected chi connectivity index (χ1v) is 9.07. The molecule has 0 unspecified atom stereocenters. The molecule has 4 rings (SSSR count). The number of hydrogen-bond acceptors (Lipinski definition) is 5. The lowest BCUT2D eigenvalue weighted by Crippen LogP contribution is -1.83. The molecule has 0 spiro atoms. The van der Waals surface area contributed by atoms with Crippen molar-refractivity contribution in [1.29, 1.82) is 0 Å². The molecule has 4 aromatic rings. The maximum Gasteiger partial charge on any atom is 0.125 e. The largest absolute Gasteiger partial charge is 0.264 e. The third-order valence-electron chi connectivity index (χ3n) is 3.34. The summed E-state index contributed by atoms with van der Waals surface area (Å²) in [7, 11) is 0. The third kappa shape index (κ3) is 2.37. The molecule has 0 saturated carbocycles. The molecule has 0 aliphatic carbocycles. The fourth-order valence-electron chi connectivity index (χ4n) is 2.34. The molecule has 4 heterocycles.